The van der Waals surface area contributed by atoms with Gasteiger partial charge in [-0.05, 0) is 26.2 Å². The van der Waals surface area contributed by atoms with Crippen molar-refractivity contribution in [2.75, 3.05) is 20.2 Å². The molecular formula is C16H28N2O4. The molecule has 6 nitrogen and oxygen atoms in total. The predicted octanol–water partition coefficient (Wildman–Crippen LogP) is 2.23. The van der Waals surface area contributed by atoms with Crippen LogP contribution in [0.1, 0.15) is 51.9 Å². The summed E-state index contributed by atoms with van der Waals surface area (Å²) in [6.07, 6.45) is 6.98. The van der Waals surface area contributed by atoms with E-state index in [4.69, 9.17) is 9.84 Å². The summed E-state index contributed by atoms with van der Waals surface area (Å²) < 4.78 is 5.88. The van der Waals surface area contributed by atoms with Crippen LogP contribution in [0.2, 0.25) is 0 Å². The molecule has 22 heavy (non-hydrogen) atoms. The monoisotopic (exact) mass is 312 g/mol. The summed E-state index contributed by atoms with van der Waals surface area (Å²) in [5.41, 5.74) is 0.0948. The first-order valence-electron chi connectivity index (χ1n) is 8.34. The Morgan fingerprint density at radius 1 is 1.32 bits per heavy atom. The van der Waals surface area contributed by atoms with Gasteiger partial charge in [0.2, 0.25) is 0 Å². The number of carbonyl (C=O) groups excluding carboxylic acids is 1. The molecule has 0 bridgehead atoms. The molecule has 2 N–H and O–H groups in total. The minimum atomic E-state index is -0.886. The molecule has 0 aliphatic heterocycles. The van der Waals surface area contributed by atoms with Crippen molar-refractivity contribution >= 4 is 12.0 Å². The van der Waals surface area contributed by atoms with Crippen LogP contribution < -0.4 is 5.32 Å². The summed E-state index contributed by atoms with van der Waals surface area (Å²) >= 11 is 0. The fourth-order valence-electron chi connectivity index (χ4n) is 3.89. The molecule has 2 aliphatic carbocycles. The van der Waals surface area contributed by atoms with Gasteiger partial charge < -0.3 is 20.1 Å². The number of hydrogen-bond donors (Lipinski definition) is 2. The number of carboxylic acid groups (broad SMARTS) is 1. The van der Waals surface area contributed by atoms with Gasteiger partial charge in [-0.25, -0.2) is 4.79 Å². The molecule has 0 radical (unpaired) electrons. The SMILES string of the molecule is CCOC1CC(NC(=O)N(C)CCC(=O)O)C12CCCCC2. The Bertz CT molecular complexity index is 407. The zero-order valence-corrected chi connectivity index (χ0v) is 13.6. The highest BCUT2D eigenvalue weighted by molar-refractivity contribution is 5.75. The summed E-state index contributed by atoms with van der Waals surface area (Å²) in [7, 11) is 1.64. The summed E-state index contributed by atoms with van der Waals surface area (Å²) in [5.74, 6) is -0.886. The first-order chi connectivity index (χ1) is 10.5. The number of ether oxygens (including phenoxy) is 1. The molecule has 2 saturated carbocycles. The van der Waals surface area contributed by atoms with Crippen LogP contribution in [-0.2, 0) is 9.53 Å². The number of carbonyl (C=O) groups is 2. The molecule has 2 rings (SSSR count). The first-order valence-corrected chi connectivity index (χ1v) is 8.34. The molecule has 2 fully saturated rings. The fourth-order valence-corrected chi connectivity index (χ4v) is 3.89. The lowest BCUT2D eigenvalue weighted by Crippen LogP contribution is -2.66. The van der Waals surface area contributed by atoms with E-state index in [1.165, 1.54) is 24.2 Å². The van der Waals surface area contributed by atoms with Gasteiger partial charge >= 0.3 is 12.0 Å². The molecule has 0 aromatic carbocycles. The summed E-state index contributed by atoms with van der Waals surface area (Å²) in [5, 5.41) is 11.8. The minimum absolute atomic E-state index is 0.0265. The molecule has 0 aromatic rings. The fraction of sp³-hybridized carbons (Fsp3) is 0.875. The molecule has 2 amide bonds. The van der Waals surface area contributed by atoms with E-state index >= 15 is 0 Å². The number of aliphatic carboxylic acids is 1. The van der Waals surface area contributed by atoms with Crippen LogP contribution in [0.3, 0.4) is 0 Å². The number of amides is 2. The Hall–Kier alpha value is -1.30. The third-order valence-corrected chi connectivity index (χ3v) is 5.24. The molecule has 2 aliphatic rings. The van der Waals surface area contributed by atoms with Gasteiger partial charge in [-0.3, -0.25) is 4.79 Å². The average molecular weight is 312 g/mol. The molecule has 0 aromatic heterocycles. The van der Waals surface area contributed by atoms with Crippen molar-refractivity contribution in [2.24, 2.45) is 5.41 Å². The standard InChI is InChI=1S/C16H28N2O4/c1-3-22-13-11-12(16(13)8-5-4-6-9-16)17-15(21)18(2)10-7-14(19)20/h12-13H,3-11H2,1-2H3,(H,17,21)(H,19,20). The number of urea groups is 1. The van der Waals surface area contributed by atoms with Crippen molar-refractivity contribution in [1.29, 1.82) is 0 Å². The van der Waals surface area contributed by atoms with E-state index in [0.29, 0.717) is 6.61 Å². The zero-order chi connectivity index (χ0) is 16.2. The Morgan fingerprint density at radius 2 is 2.00 bits per heavy atom. The smallest absolute Gasteiger partial charge is 0.317 e. The van der Waals surface area contributed by atoms with Crippen molar-refractivity contribution in [3.63, 3.8) is 0 Å². The Morgan fingerprint density at radius 3 is 2.59 bits per heavy atom. The number of hydrogen-bond acceptors (Lipinski definition) is 3. The maximum Gasteiger partial charge on any atom is 0.317 e. The van der Waals surface area contributed by atoms with Crippen molar-refractivity contribution in [3.05, 3.63) is 0 Å². The average Bonchev–Trinajstić information content (AvgIpc) is 2.52. The second-order valence-electron chi connectivity index (χ2n) is 6.54. The molecule has 0 saturated heterocycles. The molecule has 2 atom stereocenters. The third-order valence-electron chi connectivity index (χ3n) is 5.24. The summed E-state index contributed by atoms with van der Waals surface area (Å²) in [6.45, 7) is 2.96. The van der Waals surface area contributed by atoms with Gasteiger partial charge in [0.05, 0.1) is 12.5 Å². The second kappa shape index (κ2) is 7.31. The van der Waals surface area contributed by atoms with Crippen molar-refractivity contribution in [1.82, 2.24) is 10.2 Å². The van der Waals surface area contributed by atoms with Gasteiger partial charge in [0.1, 0.15) is 0 Å². The van der Waals surface area contributed by atoms with Crippen LogP contribution in [-0.4, -0.2) is 54.4 Å². The molecule has 0 heterocycles. The third kappa shape index (κ3) is 3.54. The van der Waals surface area contributed by atoms with E-state index in [2.05, 4.69) is 5.32 Å². The highest BCUT2D eigenvalue weighted by atomic mass is 16.5. The van der Waals surface area contributed by atoms with Crippen molar-refractivity contribution < 1.29 is 19.4 Å². The highest BCUT2D eigenvalue weighted by Crippen LogP contribution is 2.53. The maximum absolute atomic E-state index is 12.2. The lowest BCUT2D eigenvalue weighted by molar-refractivity contribution is -0.147. The summed E-state index contributed by atoms with van der Waals surface area (Å²) in [4.78, 5) is 24.3. The van der Waals surface area contributed by atoms with E-state index in [1.54, 1.807) is 7.05 Å². The van der Waals surface area contributed by atoms with Crippen LogP contribution in [0.15, 0.2) is 0 Å². The molecule has 2 unspecified atom stereocenters. The van der Waals surface area contributed by atoms with Gasteiger partial charge in [0, 0.05) is 31.7 Å². The quantitative estimate of drug-likeness (QED) is 0.788. The van der Waals surface area contributed by atoms with Crippen LogP contribution in [0.4, 0.5) is 4.79 Å². The number of carboxylic acids is 1. The van der Waals surface area contributed by atoms with Crippen LogP contribution >= 0.6 is 0 Å². The van der Waals surface area contributed by atoms with E-state index in [-0.39, 0.29) is 36.6 Å². The Balaban J connectivity index is 1.91. The zero-order valence-electron chi connectivity index (χ0n) is 13.6. The molecular weight excluding hydrogens is 284 g/mol. The van der Waals surface area contributed by atoms with Crippen LogP contribution in [0, 0.1) is 5.41 Å². The second-order valence-corrected chi connectivity index (χ2v) is 6.54. The van der Waals surface area contributed by atoms with Gasteiger partial charge in [-0.15, -0.1) is 0 Å². The van der Waals surface area contributed by atoms with Crippen molar-refractivity contribution in [3.8, 4) is 0 Å². The predicted molar refractivity (Wildman–Crippen MR) is 82.8 cm³/mol. The Kier molecular flexibility index (Phi) is 5.67. The Labute approximate surface area is 132 Å². The van der Waals surface area contributed by atoms with Gasteiger partial charge in [-0.1, -0.05) is 19.3 Å². The van der Waals surface area contributed by atoms with E-state index < -0.39 is 5.97 Å². The molecule has 126 valence electrons. The van der Waals surface area contributed by atoms with Crippen LogP contribution in [0.5, 0.6) is 0 Å². The normalized spacial score (nSPS) is 26.3. The molecule has 6 heteroatoms. The number of nitrogens with one attached hydrogen (secondary N) is 1. The van der Waals surface area contributed by atoms with Crippen LogP contribution in [0.25, 0.3) is 0 Å². The highest BCUT2D eigenvalue weighted by Gasteiger charge is 2.56. The topological polar surface area (TPSA) is 78.9 Å². The largest absolute Gasteiger partial charge is 0.481 e. The number of rotatable bonds is 6. The lowest BCUT2D eigenvalue weighted by atomic mass is 9.55. The van der Waals surface area contributed by atoms with Crippen molar-refractivity contribution in [2.45, 2.75) is 64.0 Å². The van der Waals surface area contributed by atoms with E-state index in [9.17, 15) is 9.59 Å². The summed E-state index contributed by atoms with van der Waals surface area (Å²) in [6, 6.07) is -0.0183. The number of nitrogens with zero attached hydrogens (tertiary/aromatic N) is 1. The minimum Gasteiger partial charge on any atom is -0.481 e. The van der Waals surface area contributed by atoms with E-state index in [0.717, 1.165) is 19.3 Å². The van der Waals surface area contributed by atoms with Gasteiger partial charge in [0.25, 0.3) is 0 Å². The van der Waals surface area contributed by atoms with Gasteiger partial charge in [0.15, 0.2) is 0 Å². The van der Waals surface area contributed by atoms with Gasteiger partial charge in [-0.2, -0.15) is 0 Å². The first kappa shape index (κ1) is 17.1. The lowest BCUT2D eigenvalue weighted by Gasteiger charge is -2.57. The maximum atomic E-state index is 12.2. The van der Waals surface area contributed by atoms with E-state index in [1.807, 2.05) is 6.92 Å². The molecule has 1 spiro atoms.